The van der Waals surface area contributed by atoms with Crippen LogP contribution in [0.4, 0.5) is 0 Å². The number of nitrogens with zero attached hydrogens (tertiary/aromatic N) is 2. The van der Waals surface area contributed by atoms with Gasteiger partial charge in [0.05, 0.1) is 19.5 Å². The van der Waals surface area contributed by atoms with E-state index in [2.05, 4.69) is 15.4 Å². The Balaban J connectivity index is 1.42. The van der Waals surface area contributed by atoms with Gasteiger partial charge in [0.15, 0.2) is 11.5 Å². The van der Waals surface area contributed by atoms with Crippen LogP contribution in [-0.4, -0.2) is 55.4 Å². The third-order valence-electron chi connectivity index (χ3n) is 3.55. The molecular formula is C15H19N3O4. The molecule has 0 spiro atoms. The summed E-state index contributed by atoms with van der Waals surface area (Å²) in [5, 5.41) is 6.61. The molecule has 0 saturated carbocycles. The first-order chi connectivity index (χ1) is 10.8. The Hall–Kier alpha value is -2.12. The highest BCUT2D eigenvalue weighted by Crippen LogP contribution is 2.20. The van der Waals surface area contributed by atoms with Crippen LogP contribution in [0.3, 0.4) is 0 Å². The third kappa shape index (κ3) is 3.75. The number of amides is 1. The van der Waals surface area contributed by atoms with Gasteiger partial charge in [-0.1, -0.05) is 5.16 Å². The monoisotopic (exact) mass is 305 g/mol. The number of morpholine rings is 1. The van der Waals surface area contributed by atoms with Crippen LogP contribution in [0.5, 0.6) is 0 Å². The average molecular weight is 305 g/mol. The molecule has 0 aliphatic carbocycles. The number of nitrogens with one attached hydrogen (secondary N) is 1. The van der Waals surface area contributed by atoms with Gasteiger partial charge in [-0.15, -0.1) is 0 Å². The van der Waals surface area contributed by atoms with Crippen molar-refractivity contribution >= 4 is 5.91 Å². The zero-order chi connectivity index (χ0) is 15.2. The molecule has 118 valence electrons. The highest BCUT2D eigenvalue weighted by atomic mass is 16.5. The number of hydrogen-bond acceptors (Lipinski definition) is 6. The minimum absolute atomic E-state index is 0.233. The van der Waals surface area contributed by atoms with Crippen molar-refractivity contribution in [2.75, 3.05) is 39.4 Å². The number of ether oxygens (including phenoxy) is 1. The van der Waals surface area contributed by atoms with Crippen LogP contribution < -0.4 is 5.32 Å². The molecule has 22 heavy (non-hydrogen) atoms. The Bertz CT molecular complexity index is 588. The Morgan fingerprint density at radius 1 is 1.32 bits per heavy atom. The molecule has 3 rings (SSSR count). The van der Waals surface area contributed by atoms with Crippen LogP contribution in [0, 0.1) is 0 Å². The molecule has 0 unspecified atom stereocenters. The van der Waals surface area contributed by atoms with Crippen LogP contribution in [0.2, 0.25) is 0 Å². The van der Waals surface area contributed by atoms with E-state index >= 15 is 0 Å². The highest BCUT2D eigenvalue weighted by Gasteiger charge is 2.15. The first-order valence-corrected chi connectivity index (χ1v) is 7.42. The van der Waals surface area contributed by atoms with E-state index in [1.54, 1.807) is 24.5 Å². The summed E-state index contributed by atoms with van der Waals surface area (Å²) in [5.41, 5.74) is 0.262. The highest BCUT2D eigenvalue weighted by molar-refractivity contribution is 5.92. The largest absolute Gasteiger partial charge is 0.461 e. The van der Waals surface area contributed by atoms with Gasteiger partial charge >= 0.3 is 0 Å². The van der Waals surface area contributed by atoms with E-state index in [9.17, 15) is 4.79 Å². The molecule has 2 aromatic heterocycles. The van der Waals surface area contributed by atoms with Gasteiger partial charge in [0.2, 0.25) is 5.76 Å². The van der Waals surface area contributed by atoms with E-state index in [1.165, 1.54) is 0 Å². The van der Waals surface area contributed by atoms with Gasteiger partial charge in [-0.05, 0) is 25.1 Å². The third-order valence-corrected chi connectivity index (χ3v) is 3.55. The summed E-state index contributed by atoms with van der Waals surface area (Å²) in [4.78, 5) is 14.3. The fourth-order valence-electron chi connectivity index (χ4n) is 2.34. The number of rotatable bonds is 6. The first-order valence-electron chi connectivity index (χ1n) is 7.42. The number of hydrogen-bond donors (Lipinski definition) is 1. The molecular weight excluding hydrogens is 286 g/mol. The topological polar surface area (TPSA) is 80.7 Å². The fourth-order valence-corrected chi connectivity index (χ4v) is 2.34. The lowest BCUT2D eigenvalue weighted by atomic mass is 10.3. The molecule has 7 heteroatoms. The molecule has 0 bridgehead atoms. The molecule has 1 aliphatic rings. The second-order valence-electron chi connectivity index (χ2n) is 5.12. The molecule has 0 aromatic carbocycles. The normalized spacial score (nSPS) is 15.8. The van der Waals surface area contributed by atoms with Crippen molar-refractivity contribution in [3.8, 4) is 11.5 Å². The summed E-state index contributed by atoms with van der Waals surface area (Å²) in [6.07, 6.45) is 2.44. The lowest BCUT2D eigenvalue weighted by Crippen LogP contribution is -2.38. The van der Waals surface area contributed by atoms with Crippen molar-refractivity contribution < 1.29 is 18.5 Å². The van der Waals surface area contributed by atoms with Gasteiger partial charge < -0.3 is 19.0 Å². The molecule has 0 atom stereocenters. The lowest BCUT2D eigenvalue weighted by molar-refractivity contribution is 0.0374. The number of carbonyl (C=O) groups excluding carboxylic acids is 1. The van der Waals surface area contributed by atoms with Crippen molar-refractivity contribution in [2.45, 2.75) is 6.42 Å². The van der Waals surface area contributed by atoms with Crippen LogP contribution in [0.25, 0.3) is 11.5 Å². The molecule has 1 saturated heterocycles. The van der Waals surface area contributed by atoms with E-state index < -0.39 is 0 Å². The zero-order valence-electron chi connectivity index (χ0n) is 12.3. The van der Waals surface area contributed by atoms with E-state index in [4.69, 9.17) is 13.7 Å². The summed E-state index contributed by atoms with van der Waals surface area (Å²) in [6, 6.07) is 5.09. The standard InChI is InChI=1S/C15H19N3O4/c19-15(16-4-2-5-18-6-9-20-10-7-18)12-11-14(22-17-12)13-3-1-8-21-13/h1,3,8,11H,2,4-7,9-10H2,(H,16,19). The van der Waals surface area contributed by atoms with Gasteiger partial charge in [-0.2, -0.15) is 0 Å². The van der Waals surface area contributed by atoms with Gasteiger partial charge in [0.1, 0.15) is 0 Å². The van der Waals surface area contributed by atoms with Crippen molar-refractivity contribution in [3.63, 3.8) is 0 Å². The smallest absolute Gasteiger partial charge is 0.273 e. The van der Waals surface area contributed by atoms with Gasteiger partial charge in [-0.3, -0.25) is 9.69 Å². The maximum Gasteiger partial charge on any atom is 0.273 e. The van der Waals surface area contributed by atoms with Crippen molar-refractivity contribution in [1.29, 1.82) is 0 Å². The lowest BCUT2D eigenvalue weighted by Gasteiger charge is -2.26. The maximum atomic E-state index is 12.0. The summed E-state index contributed by atoms with van der Waals surface area (Å²) in [6.45, 7) is 5.08. The number of carbonyl (C=O) groups is 1. The van der Waals surface area contributed by atoms with Crippen LogP contribution in [-0.2, 0) is 4.74 Å². The molecule has 1 amide bonds. The summed E-state index contributed by atoms with van der Waals surface area (Å²) < 4.78 is 15.6. The minimum atomic E-state index is -0.233. The zero-order valence-corrected chi connectivity index (χ0v) is 12.3. The maximum absolute atomic E-state index is 12.0. The Morgan fingerprint density at radius 2 is 2.18 bits per heavy atom. The molecule has 1 N–H and O–H groups in total. The Labute approximate surface area is 128 Å². The summed E-state index contributed by atoms with van der Waals surface area (Å²) in [5.74, 6) is 0.769. The molecule has 7 nitrogen and oxygen atoms in total. The Morgan fingerprint density at radius 3 is 2.95 bits per heavy atom. The van der Waals surface area contributed by atoms with Gasteiger partial charge in [-0.25, -0.2) is 0 Å². The summed E-state index contributed by atoms with van der Waals surface area (Å²) >= 11 is 0. The minimum Gasteiger partial charge on any atom is -0.461 e. The number of furan rings is 1. The van der Waals surface area contributed by atoms with E-state index in [1.807, 2.05) is 0 Å². The first kappa shape index (κ1) is 14.8. The van der Waals surface area contributed by atoms with E-state index in [0.717, 1.165) is 39.3 Å². The predicted molar refractivity (Wildman–Crippen MR) is 78.4 cm³/mol. The predicted octanol–water partition coefficient (Wildman–Crippen LogP) is 1.39. The van der Waals surface area contributed by atoms with Crippen LogP contribution in [0.1, 0.15) is 16.9 Å². The SMILES string of the molecule is O=C(NCCCN1CCOCC1)c1cc(-c2ccco2)on1. The average Bonchev–Trinajstić information content (AvgIpc) is 3.22. The Kier molecular flexibility index (Phi) is 4.87. The van der Waals surface area contributed by atoms with Gasteiger partial charge in [0, 0.05) is 25.7 Å². The van der Waals surface area contributed by atoms with Crippen molar-refractivity contribution in [3.05, 3.63) is 30.2 Å². The van der Waals surface area contributed by atoms with E-state index in [-0.39, 0.29) is 11.6 Å². The number of aromatic nitrogens is 1. The van der Waals surface area contributed by atoms with Crippen molar-refractivity contribution in [1.82, 2.24) is 15.4 Å². The second-order valence-corrected chi connectivity index (χ2v) is 5.12. The van der Waals surface area contributed by atoms with Gasteiger partial charge in [0.25, 0.3) is 5.91 Å². The molecule has 1 fully saturated rings. The van der Waals surface area contributed by atoms with Crippen LogP contribution in [0.15, 0.2) is 33.4 Å². The van der Waals surface area contributed by atoms with Crippen LogP contribution >= 0.6 is 0 Å². The molecule has 1 aliphatic heterocycles. The fraction of sp³-hybridized carbons (Fsp3) is 0.467. The molecule has 0 radical (unpaired) electrons. The van der Waals surface area contributed by atoms with Crippen molar-refractivity contribution in [2.24, 2.45) is 0 Å². The molecule has 2 aromatic rings. The summed E-state index contributed by atoms with van der Waals surface area (Å²) in [7, 11) is 0. The second kappa shape index (κ2) is 7.24. The quantitative estimate of drug-likeness (QED) is 0.812. The van der Waals surface area contributed by atoms with E-state index in [0.29, 0.717) is 18.1 Å². The molecule has 3 heterocycles.